The lowest BCUT2D eigenvalue weighted by Gasteiger charge is -2.34. The van der Waals surface area contributed by atoms with Gasteiger partial charge in [-0.2, -0.15) is 0 Å². The van der Waals surface area contributed by atoms with Gasteiger partial charge in [0.15, 0.2) is 5.67 Å². The quantitative estimate of drug-likeness (QED) is 0.219. The summed E-state index contributed by atoms with van der Waals surface area (Å²) in [5.41, 5.74) is 6.58. The van der Waals surface area contributed by atoms with Crippen LogP contribution in [-0.2, 0) is 5.67 Å². The minimum absolute atomic E-state index is 0.736. The molecule has 0 radical (unpaired) electrons. The normalized spacial score (nSPS) is 16.5. The lowest BCUT2D eigenvalue weighted by molar-refractivity contribution is 0.253. The second kappa shape index (κ2) is 7.27. The van der Waals surface area contributed by atoms with Crippen molar-refractivity contribution in [2.24, 2.45) is 0 Å². The minimum atomic E-state index is -1.60. The zero-order chi connectivity index (χ0) is 24.7. The molecule has 0 aliphatic heterocycles. The van der Waals surface area contributed by atoms with Crippen LogP contribution in [-0.4, -0.2) is 0 Å². The van der Waals surface area contributed by atoms with Gasteiger partial charge < -0.3 is 0 Å². The summed E-state index contributed by atoms with van der Waals surface area (Å²) >= 11 is 0. The van der Waals surface area contributed by atoms with E-state index in [-0.39, 0.29) is 0 Å². The SMILES string of the molecule is CC1(F)c2ccccc2-c2cc3c(-c4ccccc4)ccc4ccc5c(-c6ccccc6)cc1c2c5c43. The smallest absolute Gasteiger partial charge is 0.159 e. The number of rotatable bonds is 2. The van der Waals surface area contributed by atoms with Gasteiger partial charge in [0.2, 0.25) is 0 Å². The van der Waals surface area contributed by atoms with Crippen molar-refractivity contribution in [1.82, 2.24) is 0 Å². The summed E-state index contributed by atoms with van der Waals surface area (Å²) in [6.45, 7) is 1.73. The van der Waals surface area contributed by atoms with E-state index in [1.807, 2.05) is 24.3 Å². The van der Waals surface area contributed by atoms with Crippen LogP contribution in [0.2, 0.25) is 0 Å². The Morgan fingerprint density at radius 2 is 1.11 bits per heavy atom. The average Bonchev–Trinajstić information content (AvgIpc) is 2.95. The van der Waals surface area contributed by atoms with Gasteiger partial charge in [-0.1, -0.05) is 109 Å². The highest BCUT2D eigenvalue weighted by Crippen LogP contribution is 2.55. The molecule has 1 unspecified atom stereocenters. The highest BCUT2D eigenvalue weighted by molar-refractivity contribution is 6.31. The van der Waals surface area contributed by atoms with Crippen molar-refractivity contribution in [1.29, 1.82) is 0 Å². The molecule has 0 nitrogen and oxygen atoms in total. The Balaban J connectivity index is 1.66. The summed E-state index contributed by atoms with van der Waals surface area (Å²) in [6.07, 6.45) is 0. The third-order valence-electron chi connectivity index (χ3n) is 8.28. The van der Waals surface area contributed by atoms with E-state index in [0.29, 0.717) is 0 Å². The second-order valence-electron chi connectivity index (χ2n) is 10.3. The Morgan fingerprint density at radius 1 is 0.459 bits per heavy atom. The molecule has 1 heteroatoms. The van der Waals surface area contributed by atoms with E-state index in [1.54, 1.807) is 6.92 Å². The van der Waals surface area contributed by atoms with Gasteiger partial charge in [0.05, 0.1) is 0 Å². The fourth-order valence-electron chi connectivity index (χ4n) is 6.59. The molecule has 0 aromatic heterocycles. The van der Waals surface area contributed by atoms with Crippen LogP contribution in [0.4, 0.5) is 4.39 Å². The van der Waals surface area contributed by atoms with Crippen LogP contribution >= 0.6 is 0 Å². The average molecular weight is 475 g/mol. The maximum atomic E-state index is 17.0. The van der Waals surface area contributed by atoms with Crippen molar-refractivity contribution < 1.29 is 4.39 Å². The number of benzene rings is 7. The van der Waals surface area contributed by atoms with E-state index in [1.165, 1.54) is 32.7 Å². The standard InChI is InChI=1S/C36H23F/c1-36(37)31-15-9-8-14-26(31)30-20-29-25(22-10-4-2-5-11-22)18-16-24-17-19-27-28(23-12-6-3-7-13-23)21-32(36)34(30)35(27)33(24)29/h2-21H,1H3. The molecule has 1 aliphatic carbocycles. The fraction of sp³-hybridized carbons (Fsp3) is 0.0556. The molecule has 0 heterocycles. The Hall–Kier alpha value is -4.49. The maximum absolute atomic E-state index is 17.0. The second-order valence-corrected chi connectivity index (χ2v) is 10.3. The molecule has 7 aromatic carbocycles. The van der Waals surface area contributed by atoms with Crippen molar-refractivity contribution in [2.75, 3.05) is 0 Å². The minimum Gasteiger partial charge on any atom is -0.234 e. The fourth-order valence-corrected chi connectivity index (χ4v) is 6.59. The Kier molecular flexibility index (Phi) is 4.06. The molecular formula is C36H23F. The molecule has 0 N–H and O–H groups in total. The lowest BCUT2D eigenvalue weighted by atomic mass is 9.72. The van der Waals surface area contributed by atoms with Crippen LogP contribution in [0, 0.1) is 0 Å². The van der Waals surface area contributed by atoms with Crippen molar-refractivity contribution in [3.05, 3.63) is 132 Å². The summed E-state index contributed by atoms with van der Waals surface area (Å²) in [6, 6.07) is 42.3. The Bertz CT molecular complexity index is 1980. The molecule has 7 aromatic rings. The Labute approximate surface area is 215 Å². The highest BCUT2D eigenvalue weighted by atomic mass is 19.1. The van der Waals surface area contributed by atoms with E-state index < -0.39 is 5.67 Å². The monoisotopic (exact) mass is 474 g/mol. The first-order chi connectivity index (χ1) is 18.1. The third kappa shape index (κ3) is 2.72. The molecule has 174 valence electrons. The summed E-state index contributed by atoms with van der Waals surface area (Å²) in [5, 5.41) is 6.99. The van der Waals surface area contributed by atoms with Crippen LogP contribution in [0.1, 0.15) is 18.1 Å². The molecule has 0 saturated carbocycles. The van der Waals surface area contributed by atoms with Gasteiger partial charge in [-0.05, 0) is 84.8 Å². The van der Waals surface area contributed by atoms with E-state index >= 15 is 4.39 Å². The zero-order valence-corrected chi connectivity index (χ0v) is 20.4. The van der Waals surface area contributed by atoms with Gasteiger partial charge in [0, 0.05) is 11.1 Å². The molecule has 0 saturated heterocycles. The van der Waals surface area contributed by atoms with E-state index in [0.717, 1.165) is 44.2 Å². The van der Waals surface area contributed by atoms with Gasteiger partial charge in [-0.15, -0.1) is 0 Å². The Morgan fingerprint density at radius 3 is 1.86 bits per heavy atom. The van der Waals surface area contributed by atoms with E-state index in [9.17, 15) is 0 Å². The predicted molar refractivity (Wildman–Crippen MR) is 154 cm³/mol. The van der Waals surface area contributed by atoms with Crippen LogP contribution < -0.4 is 0 Å². The molecule has 0 fully saturated rings. The van der Waals surface area contributed by atoms with Gasteiger partial charge in [0.25, 0.3) is 0 Å². The van der Waals surface area contributed by atoms with Gasteiger partial charge in [-0.25, -0.2) is 4.39 Å². The van der Waals surface area contributed by atoms with Crippen molar-refractivity contribution in [3.8, 4) is 33.4 Å². The zero-order valence-electron chi connectivity index (χ0n) is 20.4. The van der Waals surface area contributed by atoms with Crippen LogP contribution in [0.5, 0.6) is 0 Å². The highest BCUT2D eigenvalue weighted by Gasteiger charge is 2.39. The number of halogens is 1. The predicted octanol–water partition coefficient (Wildman–Crippen LogP) is 10.1. The lowest BCUT2D eigenvalue weighted by Crippen LogP contribution is -2.22. The summed E-state index contributed by atoms with van der Waals surface area (Å²) in [5.74, 6) is 0. The van der Waals surface area contributed by atoms with Crippen molar-refractivity contribution in [2.45, 2.75) is 12.6 Å². The van der Waals surface area contributed by atoms with E-state index in [2.05, 4.69) is 97.1 Å². The van der Waals surface area contributed by atoms with Gasteiger partial charge in [-0.3, -0.25) is 0 Å². The van der Waals surface area contributed by atoms with Crippen LogP contribution in [0.3, 0.4) is 0 Å². The molecule has 37 heavy (non-hydrogen) atoms. The maximum Gasteiger partial charge on any atom is 0.159 e. The molecule has 0 amide bonds. The largest absolute Gasteiger partial charge is 0.234 e. The molecule has 1 aliphatic rings. The van der Waals surface area contributed by atoms with Gasteiger partial charge in [0.1, 0.15) is 0 Å². The number of fused-ring (bicyclic) bond motifs is 2. The van der Waals surface area contributed by atoms with Crippen LogP contribution in [0.25, 0.3) is 65.7 Å². The van der Waals surface area contributed by atoms with E-state index in [4.69, 9.17) is 0 Å². The summed E-state index contributed by atoms with van der Waals surface area (Å²) in [7, 11) is 0. The first-order valence-electron chi connectivity index (χ1n) is 12.8. The number of hydrogen-bond acceptors (Lipinski definition) is 0. The summed E-state index contributed by atoms with van der Waals surface area (Å²) in [4.78, 5) is 0. The van der Waals surface area contributed by atoms with Crippen molar-refractivity contribution in [3.63, 3.8) is 0 Å². The van der Waals surface area contributed by atoms with Gasteiger partial charge >= 0.3 is 0 Å². The summed E-state index contributed by atoms with van der Waals surface area (Å²) < 4.78 is 17.0. The molecular weight excluding hydrogens is 451 g/mol. The topological polar surface area (TPSA) is 0 Å². The molecule has 8 rings (SSSR count). The molecule has 0 spiro atoms. The van der Waals surface area contributed by atoms with Crippen LogP contribution in [0.15, 0.2) is 121 Å². The molecule has 1 atom stereocenters. The number of alkyl halides is 1. The molecule has 0 bridgehead atoms. The van der Waals surface area contributed by atoms with Crippen molar-refractivity contribution >= 4 is 32.3 Å². The first kappa shape index (κ1) is 20.7. The first-order valence-corrected chi connectivity index (χ1v) is 12.8. The number of hydrogen-bond donors (Lipinski definition) is 0. The third-order valence-corrected chi connectivity index (χ3v) is 8.28.